The average molecular weight is 383 g/mol. The molecule has 0 saturated carbocycles. The molecule has 0 unspecified atom stereocenters. The van der Waals surface area contributed by atoms with Gasteiger partial charge in [0.15, 0.2) is 6.10 Å². The van der Waals surface area contributed by atoms with Crippen molar-refractivity contribution in [2.45, 2.75) is 32.9 Å². The van der Waals surface area contributed by atoms with E-state index in [-0.39, 0.29) is 18.3 Å². The molecule has 146 valence electrons. The highest BCUT2D eigenvalue weighted by Crippen LogP contribution is 2.19. The van der Waals surface area contributed by atoms with Crippen LogP contribution in [-0.4, -0.2) is 34.1 Å². The zero-order valence-electron chi connectivity index (χ0n) is 16.1. The van der Waals surface area contributed by atoms with Crippen LogP contribution in [0, 0.1) is 12.7 Å². The van der Waals surface area contributed by atoms with Gasteiger partial charge in [0.2, 0.25) is 11.7 Å². The van der Waals surface area contributed by atoms with Crippen LogP contribution in [0.2, 0.25) is 0 Å². The molecule has 6 nitrogen and oxygen atoms in total. The number of hydrogen-bond donors (Lipinski definition) is 0. The maximum atomic E-state index is 13.0. The molecule has 1 atom stereocenters. The molecule has 0 radical (unpaired) electrons. The normalized spacial score (nSPS) is 11.9. The maximum absolute atomic E-state index is 13.0. The molecule has 1 heterocycles. The van der Waals surface area contributed by atoms with Gasteiger partial charge in [-0.3, -0.25) is 4.79 Å². The molecule has 1 aromatic heterocycles. The second-order valence-electron chi connectivity index (χ2n) is 6.54. The summed E-state index contributed by atoms with van der Waals surface area (Å²) in [6.07, 6.45) is -0.214. The van der Waals surface area contributed by atoms with Gasteiger partial charge >= 0.3 is 0 Å². The zero-order chi connectivity index (χ0) is 20.1. The second kappa shape index (κ2) is 8.65. The van der Waals surface area contributed by atoms with E-state index < -0.39 is 6.10 Å². The van der Waals surface area contributed by atoms with Crippen LogP contribution < -0.4 is 4.74 Å². The van der Waals surface area contributed by atoms with Crippen LogP contribution in [0.5, 0.6) is 5.75 Å². The number of nitrogens with zero attached hydrogens (tertiary/aromatic N) is 3. The van der Waals surface area contributed by atoms with Crippen molar-refractivity contribution in [3.8, 4) is 17.1 Å². The molecule has 0 aliphatic carbocycles. The minimum Gasteiger partial charge on any atom is -0.481 e. The fourth-order valence-corrected chi connectivity index (χ4v) is 2.73. The molecule has 0 aliphatic heterocycles. The van der Waals surface area contributed by atoms with Crippen LogP contribution in [0.3, 0.4) is 0 Å². The Labute approximate surface area is 162 Å². The van der Waals surface area contributed by atoms with Crippen LogP contribution >= 0.6 is 0 Å². The highest BCUT2D eigenvalue weighted by atomic mass is 19.1. The van der Waals surface area contributed by atoms with Crippen molar-refractivity contribution in [2.24, 2.45) is 0 Å². The lowest BCUT2D eigenvalue weighted by Crippen LogP contribution is -2.39. The van der Waals surface area contributed by atoms with Gasteiger partial charge in [-0.1, -0.05) is 35.8 Å². The molecule has 2 aromatic carbocycles. The van der Waals surface area contributed by atoms with Gasteiger partial charge in [-0.15, -0.1) is 0 Å². The van der Waals surface area contributed by atoms with Gasteiger partial charge in [-0.25, -0.2) is 4.39 Å². The number of ether oxygens (including phenoxy) is 1. The summed E-state index contributed by atoms with van der Waals surface area (Å²) in [7, 11) is 1.65. The number of benzene rings is 2. The van der Waals surface area contributed by atoms with Gasteiger partial charge in [0.1, 0.15) is 11.6 Å². The number of aromatic nitrogens is 2. The van der Waals surface area contributed by atoms with Gasteiger partial charge in [0.25, 0.3) is 5.91 Å². The lowest BCUT2D eigenvalue weighted by Gasteiger charge is -2.22. The summed E-state index contributed by atoms with van der Waals surface area (Å²) in [5.74, 6) is 0.680. The second-order valence-corrected chi connectivity index (χ2v) is 6.54. The zero-order valence-corrected chi connectivity index (χ0v) is 16.1. The third-order valence-corrected chi connectivity index (χ3v) is 4.23. The predicted octanol–water partition coefficient (Wildman–Crippen LogP) is 4.00. The molecule has 28 heavy (non-hydrogen) atoms. The highest BCUT2D eigenvalue weighted by molar-refractivity contribution is 5.80. The predicted molar refractivity (Wildman–Crippen MR) is 102 cm³/mol. The Morgan fingerprint density at radius 2 is 2.00 bits per heavy atom. The largest absolute Gasteiger partial charge is 0.481 e. The molecule has 7 heteroatoms. The molecule has 3 aromatic rings. The van der Waals surface area contributed by atoms with Gasteiger partial charge < -0.3 is 14.2 Å². The Kier molecular flexibility index (Phi) is 6.03. The van der Waals surface area contributed by atoms with Crippen molar-refractivity contribution in [3.05, 3.63) is 65.8 Å². The minimum atomic E-state index is -0.686. The van der Waals surface area contributed by atoms with Crippen LogP contribution in [0.25, 0.3) is 11.4 Å². The van der Waals surface area contributed by atoms with E-state index in [0.29, 0.717) is 23.9 Å². The fourth-order valence-electron chi connectivity index (χ4n) is 2.73. The van der Waals surface area contributed by atoms with E-state index in [2.05, 4.69) is 10.1 Å². The molecule has 0 aliphatic rings. The lowest BCUT2D eigenvalue weighted by molar-refractivity contribution is -0.138. The molecule has 0 spiro atoms. The van der Waals surface area contributed by atoms with Gasteiger partial charge in [-0.05, 0) is 43.7 Å². The first kappa shape index (κ1) is 19.5. The third kappa shape index (κ3) is 4.73. The number of rotatable bonds is 7. The van der Waals surface area contributed by atoms with E-state index in [0.717, 1.165) is 11.1 Å². The molecule has 3 rings (SSSR count). The number of carbonyl (C=O) groups excluding carboxylic acids is 1. The van der Waals surface area contributed by atoms with Crippen LogP contribution in [-0.2, 0) is 11.3 Å². The Morgan fingerprint density at radius 3 is 2.68 bits per heavy atom. The highest BCUT2D eigenvalue weighted by Gasteiger charge is 2.24. The number of aryl methyl sites for hydroxylation is 1. The summed E-state index contributed by atoms with van der Waals surface area (Å²) in [4.78, 5) is 18.6. The summed E-state index contributed by atoms with van der Waals surface area (Å²) in [5.41, 5.74) is 1.95. The average Bonchev–Trinajstić information content (AvgIpc) is 3.15. The van der Waals surface area contributed by atoms with E-state index in [9.17, 15) is 9.18 Å². The smallest absolute Gasteiger partial charge is 0.263 e. The topological polar surface area (TPSA) is 68.5 Å². The van der Waals surface area contributed by atoms with E-state index >= 15 is 0 Å². The standard InChI is InChI=1S/C21H22FN3O3/c1-4-18(27-17-10-8-16(22)9-11-17)21(26)25(3)13-19-23-20(24-28-19)15-7-5-6-14(2)12-15/h5-12,18H,4,13H2,1-3H3/t18-/m0/s1. The van der Waals surface area contributed by atoms with Crippen molar-refractivity contribution < 1.29 is 18.4 Å². The van der Waals surface area contributed by atoms with E-state index in [1.807, 2.05) is 38.1 Å². The summed E-state index contributed by atoms with van der Waals surface area (Å²) in [6.45, 7) is 4.01. The first-order chi connectivity index (χ1) is 13.5. The molecular formula is C21H22FN3O3. The van der Waals surface area contributed by atoms with Gasteiger partial charge in [-0.2, -0.15) is 4.98 Å². The number of halogens is 1. The number of likely N-dealkylation sites (N-methyl/N-ethyl adjacent to an activating group) is 1. The van der Waals surface area contributed by atoms with Crippen molar-refractivity contribution >= 4 is 5.91 Å². The van der Waals surface area contributed by atoms with Crippen molar-refractivity contribution in [2.75, 3.05) is 7.05 Å². The fraction of sp³-hybridized carbons (Fsp3) is 0.286. The van der Waals surface area contributed by atoms with Crippen LogP contribution in [0.4, 0.5) is 4.39 Å². The van der Waals surface area contributed by atoms with Gasteiger partial charge in [0, 0.05) is 12.6 Å². The molecule has 0 saturated heterocycles. The maximum Gasteiger partial charge on any atom is 0.263 e. The van der Waals surface area contributed by atoms with Crippen LogP contribution in [0.1, 0.15) is 24.8 Å². The Bertz CT molecular complexity index is 940. The number of hydrogen-bond acceptors (Lipinski definition) is 5. The van der Waals surface area contributed by atoms with E-state index in [1.54, 1.807) is 7.05 Å². The van der Waals surface area contributed by atoms with Crippen molar-refractivity contribution in [1.29, 1.82) is 0 Å². The van der Waals surface area contributed by atoms with Crippen LogP contribution in [0.15, 0.2) is 53.1 Å². The Balaban J connectivity index is 1.65. The first-order valence-corrected chi connectivity index (χ1v) is 9.03. The summed E-state index contributed by atoms with van der Waals surface area (Å²) >= 11 is 0. The number of carbonyl (C=O) groups is 1. The minimum absolute atomic E-state index is 0.168. The lowest BCUT2D eigenvalue weighted by atomic mass is 10.1. The SMILES string of the molecule is CC[C@H](Oc1ccc(F)cc1)C(=O)N(C)Cc1nc(-c2cccc(C)c2)no1. The molecule has 0 bridgehead atoms. The molecule has 0 N–H and O–H groups in total. The summed E-state index contributed by atoms with van der Waals surface area (Å²) in [6, 6.07) is 13.4. The van der Waals surface area contributed by atoms with E-state index in [4.69, 9.17) is 9.26 Å². The number of amides is 1. The van der Waals surface area contributed by atoms with Gasteiger partial charge in [0.05, 0.1) is 6.54 Å². The summed E-state index contributed by atoms with van der Waals surface area (Å²) < 4.78 is 24.0. The Morgan fingerprint density at radius 1 is 1.25 bits per heavy atom. The molecule has 1 amide bonds. The quantitative estimate of drug-likeness (QED) is 0.617. The monoisotopic (exact) mass is 383 g/mol. The van der Waals surface area contributed by atoms with Crippen molar-refractivity contribution in [3.63, 3.8) is 0 Å². The first-order valence-electron chi connectivity index (χ1n) is 9.03. The van der Waals surface area contributed by atoms with Crippen molar-refractivity contribution in [1.82, 2.24) is 15.0 Å². The molecular weight excluding hydrogens is 361 g/mol. The summed E-state index contributed by atoms with van der Waals surface area (Å²) in [5, 5.41) is 3.99. The Hall–Kier alpha value is -3.22. The van der Waals surface area contributed by atoms with E-state index in [1.165, 1.54) is 29.2 Å². The third-order valence-electron chi connectivity index (χ3n) is 4.23. The molecule has 0 fully saturated rings.